The van der Waals surface area contributed by atoms with E-state index in [-0.39, 0.29) is 0 Å². The third-order valence-corrected chi connectivity index (χ3v) is 10.7. The zero-order chi connectivity index (χ0) is 37.3. The molecule has 10 aromatic rings. The molecule has 2 nitrogen and oxygen atoms in total. The second kappa shape index (κ2) is 14.4. The third-order valence-electron chi connectivity index (χ3n) is 10.7. The summed E-state index contributed by atoms with van der Waals surface area (Å²) in [5.41, 5.74) is 14.7. The van der Waals surface area contributed by atoms with Crippen LogP contribution in [0, 0.1) is 0 Å². The number of hydrogen-bond acceptors (Lipinski definition) is 2. The topological polar surface area (TPSA) is 16.4 Å². The van der Waals surface area contributed by atoms with Crippen LogP contribution in [0.15, 0.2) is 229 Å². The third kappa shape index (κ3) is 6.34. The van der Waals surface area contributed by atoms with Crippen LogP contribution in [0.25, 0.3) is 77.6 Å². The van der Waals surface area contributed by atoms with Crippen LogP contribution in [0.5, 0.6) is 0 Å². The molecular weight excluding hydrogens is 679 g/mol. The minimum absolute atomic E-state index is 0.864. The normalized spacial score (nSPS) is 11.2. The molecule has 0 N–H and O–H groups in total. The molecule has 0 aliphatic rings. The molecule has 0 aliphatic heterocycles. The lowest BCUT2D eigenvalue weighted by Gasteiger charge is -2.26. The molecule has 0 unspecified atom stereocenters. The number of hydrogen-bond donors (Lipinski definition) is 0. The number of anilines is 3. The maximum absolute atomic E-state index is 6.42. The van der Waals surface area contributed by atoms with Gasteiger partial charge in [0.2, 0.25) is 0 Å². The zero-order valence-electron chi connectivity index (χ0n) is 30.7. The highest BCUT2D eigenvalue weighted by atomic mass is 16.3. The van der Waals surface area contributed by atoms with E-state index in [1.807, 2.05) is 12.1 Å². The second-order valence-corrected chi connectivity index (χ2v) is 14.1. The smallest absolute Gasteiger partial charge is 0.136 e. The van der Waals surface area contributed by atoms with Crippen molar-refractivity contribution in [1.29, 1.82) is 0 Å². The number of nitrogens with zero attached hydrogens (tertiary/aromatic N) is 1. The molecule has 264 valence electrons. The Kier molecular flexibility index (Phi) is 8.55. The van der Waals surface area contributed by atoms with Crippen LogP contribution in [-0.4, -0.2) is 0 Å². The minimum atomic E-state index is 0.864. The van der Waals surface area contributed by atoms with Gasteiger partial charge in [-0.05, 0) is 110 Å². The Bertz CT molecular complexity index is 2890. The van der Waals surface area contributed by atoms with E-state index in [4.69, 9.17) is 4.42 Å². The molecule has 0 saturated heterocycles. The minimum Gasteiger partial charge on any atom is -0.456 e. The van der Waals surface area contributed by atoms with Crippen molar-refractivity contribution in [3.05, 3.63) is 224 Å². The molecular formula is C54H37NO. The number of fused-ring (bicyclic) bond motifs is 2. The van der Waals surface area contributed by atoms with Crippen molar-refractivity contribution in [2.45, 2.75) is 0 Å². The van der Waals surface area contributed by atoms with Crippen LogP contribution in [0.3, 0.4) is 0 Å². The van der Waals surface area contributed by atoms with Gasteiger partial charge in [-0.1, -0.05) is 170 Å². The largest absolute Gasteiger partial charge is 0.456 e. The van der Waals surface area contributed by atoms with Gasteiger partial charge < -0.3 is 9.32 Å². The summed E-state index contributed by atoms with van der Waals surface area (Å²) in [4.78, 5) is 2.31. The van der Waals surface area contributed by atoms with Crippen LogP contribution in [0.4, 0.5) is 17.1 Å². The molecule has 9 aromatic carbocycles. The summed E-state index contributed by atoms with van der Waals surface area (Å²) in [5.74, 6) is 0.864. The summed E-state index contributed by atoms with van der Waals surface area (Å²) in [6.45, 7) is 0. The number of rotatable bonds is 8. The van der Waals surface area contributed by atoms with Gasteiger partial charge in [-0.25, -0.2) is 0 Å². The van der Waals surface area contributed by atoms with Crippen molar-refractivity contribution in [2.24, 2.45) is 0 Å². The summed E-state index contributed by atoms with van der Waals surface area (Å²) >= 11 is 0. The molecule has 0 spiro atoms. The van der Waals surface area contributed by atoms with Crippen molar-refractivity contribution >= 4 is 38.8 Å². The van der Waals surface area contributed by atoms with E-state index in [9.17, 15) is 0 Å². The highest BCUT2D eigenvalue weighted by Crippen LogP contribution is 2.40. The SMILES string of the molecule is c1ccc(-c2ccc(-c3ccc(N(c4ccccc4)c4ccc(-c5ccc(-c6cccc7ccccc67)cc5)cc4)cc3)cc2-c2cc3ccccc3o2)cc1. The molecule has 0 fully saturated rings. The van der Waals surface area contributed by atoms with Crippen LogP contribution in [-0.2, 0) is 0 Å². The molecule has 2 heteroatoms. The van der Waals surface area contributed by atoms with Gasteiger partial charge in [0, 0.05) is 28.0 Å². The highest BCUT2D eigenvalue weighted by molar-refractivity contribution is 5.97. The lowest BCUT2D eigenvalue weighted by molar-refractivity contribution is 0.632. The lowest BCUT2D eigenvalue weighted by atomic mass is 9.93. The molecule has 1 aromatic heterocycles. The van der Waals surface area contributed by atoms with Crippen molar-refractivity contribution in [2.75, 3.05) is 4.90 Å². The number of benzene rings is 9. The molecule has 0 atom stereocenters. The second-order valence-electron chi connectivity index (χ2n) is 14.1. The Labute approximate surface area is 327 Å². The zero-order valence-corrected chi connectivity index (χ0v) is 30.7. The first-order valence-corrected chi connectivity index (χ1v) is 19.1. The van der Waals surface area contributed by atoms with E-state index in [0.717, 1.165) is 61.6 Å². The molecule has 0 amide bonds. The van der Waals surface area contributed by atoms with Gasteiger partial charge in [0.25, 0.3) is 0 Å². The molecule has 0 bridgehead atoms. The first kappa shape index (κ1) is 33.2. The van der Waals surface area contributed by atoms with Crippen LogP contribution in [0.1, 0.15) is 0 Å². The average Bonchev–Trinajstić information content (AvgIpc) is 3.72. The summed E-state index contributed by atoms with van der Waals surface area (Å²) in [6.07, 6.45) is 0. The van der Waals surface area contributed by atoms with Crippen LogP contribution >= 0.6 is 0 Å². The van der Waals surface area contributed by atoms with Gasteiger partial charge in [-0.2, -0.15) is 0 Å². The van der Waals surface area contributed by atoms with Crippen LogP contribution < -0.4 is 4.90 Å². The van der Waals surface area contributed by atoms with Crippen LogP contribution in [0.2, 0.25) is 0 Å². The van der Waals surface area contributed by atoms with Crippen molar-refractivity contribution < 1.29 is 4.42 Å². The monoisotopic (exact) mass is 715 g/mol. The summed E-state index contributed by atoms with van der Waals surface area (Å²) in [6, 6.07) is 79.9. The first-order valence-electron chi connectivity index (χ1n) is 19.1. The van der Waals surface area contributed by atoms with Crippen molar-refractivity contribution in [1.82, 2.24) is 0 Å². The Morgan fingerprint density at radius 3 is 1.48 bits per heavy atom. The Morgan fingerprint density at radius 2 is 0.786 bits per heavy atom. The fourth-order valence-electron chi connectivity index (χ4n) is 7.86. The molecule has 1 heterocycles. The molecule has 0 saturated carbocycles. The van der Waals surface area contributed by atoms with Gasteiger partial charge in [0.15, 0.2) is 0 Å². The predicted molar refractivity (Wildman–Crippen MR) is 236 cm³/mol. The average molecular weight is 716 g/mol. The van der Waals surface area contributed by atoms with Gasteiger partial charge in [-0.15, -0.1) is 0 Å². The van der Waals surface area contributed by atoms with E-state index >= 15 is 0 Å². The van der Waals surface area contributed by atoms with E-state index in [1.165, 1.54) is 33.0 Å². The van der Waals surface area contributed by atoms with E-state index in [2.05, 4.69) is 217 Å². The quantitative estimate of drug-likeness (QED) is 0.156. The Balaban J connectivity index is 0.965. The number of furan rings is 1. The van der Waals surface area contributed by atoms with Crippen molar-refractivity contribution in [3.8, 4) is 55.8 Å². The van der Waals surface area contributed by atoms with E-state index in [1.54, 1.807) is 0 Å². The van der Waals surface area contributed by atoms with Gasteiger partial charge in [0.1, 0.15) is 11.3 Å². The fraction of sp³-hybridized carbons (Fsp3) is 0. The van der Waals surface area contributed by atoms with Crippen molar-refractivity contribution in [3.63, 3.8) is 0 Å². The maximum atomic E-state index is 6.42. The first-order chi connectivity index (χ1) is 27.7. The molecule has 56 heavy (non-hydrogen) atoms. The summed E-state index contributed by atoms with van der Waals surface area (Å²) in [7, 11) is 0. The number of para-hydroxylation sites is 2. The maximum Gasteiger partial charge on any atom is 0.136 e. The lowest BCUT2D eigenvalue weighted by Crippen LogP contribution is -2.09. The molecule has 0 radical (unpaired) electrons. The fourth-order valence-corrected chi connectivity index (χ4v) is 7.86. The predicted octanol–water partition coefficient (Wildman–Crippen LogP) is 15.4. The Morgan fingerprint density at radius 1 is 0.286 bits per heavy atom. The molecule has 0 aliphatic carbocycles. The summed E-state index contributed by atoms with van der Waals surface area (Å²) < 4.78 is 6.42. The van der Waals surface area contributed by atoms with Gasteiger partial charge in [-0.3, -0.25) is 0 Å². The van der Waals surface area contributed by atoms with Gasteiger partial charge >= 0.3 is 0 Å². The standard InChI is InChI=1S/C54H37NO/c1-3-12-41(13-4-1)51-35-30-44(36-52(51)54-37-45-15-8-10-21-53(45)56-54)40-28-33-48(34-29-40)55(46-17-5-2-6-18-46)47-31-26-39(27-32-47)38-22-24-43(25-23-38)50-20-11-16-42-14-7-9-19-49(42)50/h1-37H. The molecule has 10 rings (SSSR count). The van der Waals surface area contributed by atoms with Gasteiger partial charge in [0.05, 0.1) is 0 Å². The highest BCUT2D eigenvalue weighted by Gasteiger charge is 2.16. The summed E-state index contributed by atoms with van der Waals surface area (Å²) in [5, 5.41) is 3.63. The van der Waals surface area contributed by atoms with E-state index in [0.29, 0.717) is 0 Å². The van der Waals surface area contributed by atoms with E-state index < -0.39 is 0 Å². The Hall–Kier alpha value is -7.42.